The van der Waals surface area contributed by atoms with Crippen LogP contribution in [0.15, 0.2) is 66.7 Å². The van der Waals surface area contributed by atoms with Gasteiger partial charge in [-0.3, -0.25) is 4.79 Å². The van der Waals surface area contributed by atoms with Gasteiger partial charge >= 0.3 is 0 Å². The first-order valence-corrected chi connectivity index (χ1v) is 12.3. The molecule has 0 atom stereocenters. The van der Waals surface area contributed by atoms with Gasteiger partial charge in [0.25, 0.3) is 5.91 Å². The van der Waals surface area contributed by atoms with Crippen LogP contribution in [0.2, 0.25) is 0 Å². The highest BCUT2D eigenvalue weighted by atomic mass is 19.1. The molecule has 0 spiro atoms. The molecule has 3 aromatic carbocycles. The van der Waals surface area contributed by atoms with Gasteiger partial charge in [0.2, 0.25) is 0 Å². The van der Waals surface area contributed by atoms with Crippen molar-refractivity contribution in [3.05, 3.63) is 94.8 Å². The maximum atomic E-state index is 13.8. The average Bonchev–Trinajstić information content (AvgIpc) is 2.88. The molecule has 34 heavy (non-hydrogen) atoms. The Morgan fingerprint density at radius 1 is 0.941 bits per heavy atom. The molecule has 0 saturated carbocycles. The minimum Gasteiger partial charge on any atom is -0.384 e. The van der Waals surface area contributed by atoms with Crippen molar-refractivity contribution >= 4 is 17.3 Å². The van der Waals surface area contributed by atoms with Crippen LogP contribution < -0.4 is 10.2 Å². The Morgan fingerprint density at radius 2 is 1.65 bits per heavy atom. The van der Waals surface area contributed by atoms with E-state index in [4.69, 9.17) is 0 Å². The highest BCUT2D eigenvalue weighted by Gasteiger charge is 2.22. The third-order valence-electron chi connectivity index (χ3n) is 6.62. The zero-order valence-corrected chi connectivity index (χ0v) is 20.2. The standard InChI is InChI=1S/C29H34FN3O/c1-3-32(4-2)26-16-12-23(13-17-26)21-33(20-18-22-10-14-25(30)15-11-22)29(34)27-9-5-7-24-8-6-19-31-28(24)27/h5,7,9-17,31H,3-4,6,8,18-21H2,1-2H3. The molecule has 4 rings (SSSR count). The Hall–Kier alpha value is -3.34. The fraction of sp³-hybridized carbons (Fsp3) is 0.345. The molecule has 0 radical (unpaired) electrons. The second-order valence-electron chi connectivity index (χ2n) is 8.81. The summed E-state index contributed by atoms with van der Waals surface area (Å²) in [5.41, 5.74) is 6.22. The van der Waals surface area contributed by atoms with E-state index in [9.17, 15) is 9.18 Å². The number of nitrogens with one attached hydrogen (secondary N) is 1. The normalized spacial score (nSPS) is 12.6. The van der Waals surface area contributed by atoms with Gasteiger partial charge < -0.3 is 15.1 Å². The predicted octanol–water partition coefficient (Wildman–Crippen LogP) is 5.92. The number of anilines is 2. The number of carbonyl (C=O) groups is 1. The van der Waals surface area contributed by atoms with Crippen LogP contribution in [-0.2, 0) is 19.4 Å². The fourth-order valence-electron chi connectivity index (χ4n) is 4.65. The summed E-state index contributed by atoms with van der Waals surface area (Å²) in [5.74, 6) is -0.215. The summed E-state index contributed by atoms with van der Waals surface area (Å²) < 4.78 is 13.3. The molecule has 178 valence electrons. The molecule has 0 unspecified atom stereocenters. The van der Waals surface area contributed by atoms with E-state index in [-0.39, 0.29) is 11.7 Å². The van der Waals surface area contributed by atoms with E-state index in [2.05, 4.69) is 54.4 Å². The lowest BCUT2D eigenvalue weighted by molar-refractivity contribution is 0.0746. The molecule has 0 bridgehead atoms. The van der Waals surface area contributed by atoms with E-state index in [1.807, 2.05) is 17.0 Å². The number of amides is 1. The number of nitrogens with zero attached hydrogens (tertiary/aromatic N) is 2. The number of aryl methyl sites for hydroxylation is 1. The van der Waals surface area contributed by atoms with Crippen molar-refractivity contribution in [3.8, 4) is 0 Å². The summed E-state index contributed by atoms with van der Waals surface area (Å²) in [5, 5.41) is 3.45. The zero-order chi connectivity index (χ0) is 23.9. The van der Waals surface area contributed by atoms with Crippen LogP contribution in [0.25, 0.3) is 0 Å². The van der Waals surface area contributed by atoms with Crippen LogP contribution in [0.4, 0.5) is 15.8 Å². The maximum Gasteiger partial charge on any atom is 0.256 e. The van der Waals surface area contributed by atoms with E-state index in [1.54, 1.807) is 12.1 Å². The first kappa shape index (κ1) is 23.8. The molecule has 1 aliphatic rings. The molecule has 4 nitrogen and oxygen atoms in total. The van der Waals surface area contributed by atoms with Gasteiger partial charge in [0.15, 0.2) is 0 Å². The number of benzene rings is 3. The smallest absolute Gasteiger partial charge is 0.256 e. The van der Waals surface area contributed by atoms with Crippen molar-refractivity contribution in [2.45, 2.75) is 39.7 Å². The lowest BCUT2D eigenvalue weighted by Gasteiger charge is -2.27. The van der Waals surface area contributed by atoms with Gasteiger partial charge in [-0.2, -0.15) is 0 Å². The number of hydrogen-bond donors (Lipinski definition) is 1. The number of halogens is 1. The second-order valence-corrected chi connectivity index (χ2v) is 8.81. The third kappa shape index (κ3) is 5.58. The lowest BCUT2D eigenvalue weighted by Crippen LogP contribution is -2.33. The van der Waals surface area contributed by atoms with Crippen LogP contribution in [0.3, 0.4) is 0 Å². The molecule has 5 heteroatoms. The van der Waals surface area contributed by atoms with E-state index in [0.717, 1.165) is 54.9 Å². The first-order valence-electron chi connectivity index (χ1n) is 12.3. The molecular formula is C29H34FN3O. The van der Waals surface area contributed by atoms with E-state index < -0.39 is 0 Å². The molecule has 1 N–H and O–H groups in total. The largest absolute Gasteiger partial charge is 0.384 e. The van der Waals surface area contributed by atoms with Crippen LogP contribution >= 0.6 is 0 Å². The van der Waals surface area contributed by atoms with Crippen LogP contribution in [0.1, 0.15) is 47.3 Å². The van der Waals surface area contributed by atoms with Crippen LogP contribution in [0, 0.1) is 5.82 Å². The number of fused-ring (bicyclic) bond motifs is 1. The molecule has 0 aromatic heterocycles. The van der Waals surface area contributed by atoms with Crippen molar-refractivity contribution in [2.24, 2.45) is 0 Å². The molecule has 1 amide bonds. The lowest BCUT2D eigenvalue weighted by atomic mass is 9.98. The summed E-state index contributed by atoms with van der Waals surface area (Å²) in [7, 11) is 0. The molecule has 0 aliphatic carbocycles. The molecule has 1 heterocycles. The summed E-state index contributed by atoms with van der Waals surface area (Å²) in [4.78, 5) is 18.0. The van der Waals surface area contributed by atoms with Crippen molar-refractivity contribution in [3.63, 3.8) is 0 Å². The van der Waals surface area contributed by atoms with E-state index >= 15 is 0 Å². The Balaban J connectivity index is 1.57. The molecular weight excluding hydrogens is 425 g/mol. The van der Waals surface area contributed by atoms with Crippen molar-refractivity contribution in [1.82, 2.24) is 4.90 Å². The van der Waals surface area contributed by atoms with Gasteiger partial charge in [0, 0.05) is 38.4 Å². The van der Waals surface area contributed by atoms with Gasteiger partial charge in [-0.25, -0.2) is 4.39 Å². The summed E-state index contributed by atoms with van der Waals surface area (Å²) in [6, 6.07) is 21.1. The van der Waals surface area contributed by atoms with Gasteiger partial charge in [0.1, 0.15) is 5.82 Å². The Morgan fingerprint density at radius 3 is 2.35 bits per heavy atom. The Bertz CT molecular complexity index is 1090. The quantitative estimate of drug-likeness (QED) is 0.432. The second kappa shape index (κ2) is 11.2. The fourth-order valence-corrected chi connectivity index (χ4v) is 4.65. The SMILES string of the molecule is CCN(CC)c1ccc(CN(CCc2ccc(F)cc2)C(=O)c2cccc3c2NCCC3)cc1. The molecule has 1 aliphatic heterocycles. The number of rotatable bonds is 9. The Labute approximate surface area is 202 Å². The first-order chi connectivity index (χ1) is 16.6. The monoisotopic (exact) mass is 459 g/mol. The highest BCUT2D eigenvalue weighted by molar-refractivity contribution is 6.00. The number of carbonyl (C=O) groups excluding carboxylic acids is 1. The van der Waals surface area contributed by atoms with Crippen LogP contribution in [-0.4, -0.2) is 37.0 Å². The molecule has 0 fully saturated rings. The minimum atomic E-state index is -0.244. The third-order valence-corrected chi connectivity index (χ3v) is 6.62. The van der Waals surface area contributed by atoms with Gasteiger partial charge in [0.05, 0.1) is 11.3 Å². The van der Waals surface area contributed by atoms with Crippen molar-refractivity contribution in [2.75, 3.05) is 36.4 Å². The predicted molar refractivity (Wildman–Crippen MR) is 138 cm³/mol. The molecule has 3 aromatic rings. The Kier molecular flexibility index (Phi) is 7.84. The maximum absolute atomic E-state index is 13.8. The van der Waals surface area contributed by atoms with Crippen LogP contribution in [0.5, 0.6) is 0 Å². The summed E-state index contributed by atoms with van der Waals surface area (Å²) in [6.45, 7) is 8.21. The molecule has 0 saturated heterocycles. The number of para-hydroxylation sites is 1. The summed E-state index contributed by atoms with van der Waals surface area (Å²) in [6.07, 6.45) is 2.75. The van der Waals surface area contributed by atoms with E-state index in [1.165, 1.54) is 23.4 Å². The minimum absolute atomic E-state index is 0.0289. The van der Waals surface area contributed by atoms with Gasteiger partial charge in [-0.1, -0.05) is 36.4 Å². The van der Waals surface area contributed by atoms with E-state index in [0.29, 0.717) is 19.5 Å². The van der Waals surface area contributed by atoms with Gasteiger partial charge in [-0.15, -0.1) is 0 Å². The number of hydrogen-bond acceptors (Lipinski definition) is 3. The highest BCUT2D eigenvalue weighted by Crippen LogP contribution is 2.28. The van der Waals surface area contributed by atoms with Gasteiger partial charge in [-0.05, 0) is 80.1 Å². The van der Waals surface area contributed by atoms with Crippen molar-refractivity contribution in [1.29, 1.82) is 0 Å². The average molecular weight is 460 g/mol. The topological polar surface area (TPSA) is 35.6 Å². The zero-order valence-electron chi connectivity index (χ0n) is 20.2. The summed E-state index contributed by atoms with van der Waals surface area (Å²) >= 11 is 0. The van der Waals surface area contributed by atoms with Crippen molar-refractivity contribution < 1.29 is 9.18 Å².